The number of aromatic nitrogens is 1. The van der Waals surface area contributed by atoms with E-state index in [2.05, 4.69) is 18.8 Å². The molecule has 0 bridgehead atoms. The van der Waals surface area contributed by atoms with Crippen molar-refractivity contribution in [2.24, 2.45) is 11.8 Å². The first-order valence-electron chi connectivity index (χ1n) is 9.10. The monoisotopic (exact) mass is 370 g/mol. The molecule has 1 aromatic carbocycles. The summed E-state index contributed by atoms with van der Waals surface area (Å²) in [5.41, 5.74) is 1.94. The molecular weight excluding hydrogens is 344 g/mol. The third-order valence-corrected chi connectivity index (χ3v) is 5.35. The van der Waals surface area contributed by atoms with Crippen LogP contribution in [0.4, 0.5) is 0 Å². The fourth-order valence-corrected chi connectivity index (χ4v) is 4.02. The maximum atomic E-state index is 12.4. The number of carbonyl (C=O) groups excluding carboxylic acids is 1. The van der Waals surface area contributed by atoms with E-state index < -0.39 is 0 Å². The Morgan fingerprint density at radius 2 is 1.96 bits per heavy atom. The molecule has 0 unspecified atom stereocenters. The summed E-state index contributed by atoms with van der Waals surface area (Å²) in [5.74, 6) is 2.06. The van der Waals surface area contributed by atoms with Crippen LogP contribution in [-0.2, 0) is 11.4 Å². The predicted molar refractivity (Wildman–Crippen MR) is 106 cm³/mol. The van der Waals surface area contributed by atoms with E-state index in [1.54, 1.807) is 17.4 Å². The molecule has 4 nitrogen and oxygen atoms in total. The molecule has 2 heterocycles. The van der Waals surface area contributed by atoms with Crippen LogP contribution < -0.4 is 4.74 Å². The lowest BCUT2D eigenvalue weighted by molar-refractivity contribution is -0.128. The molecule has 5 heteroatoms. The zero-order valence-corrected chi connectivity index (χ0v) is 16.5. The minimum absolute atomic E-state index is 0.0997. The zero-order valence-electron chi connectivity index (χ0n) is 15.6. The van der Waals surface area contributed by atoms with Gasteiger partial charge >= 0.3 is 0 Å². The average Bonchev–Trinajstić information content (AvgIpc) is 3.03. The Kier molecular flexibility index (Phi) is 6.09. The molecular formula is C21H26N2O2S. The van der Waals surface area contributed by atoms with Crippen LogP contribution in [0.3, 0.4) is 0 Å². The van der Waals surface area contributed by atoms with E-state index in [1.807, 2.05) is 47.5 Å². The highest BCUT2D eigenvalue weighted by Crippen LogP contribution is 2.21. The lowest BCUT2D eigenvalue weighted by Gasteiger charge is -2.34. The van der Waals surface area contributed by atoms with E-state index in [-0.39, 0.29) is 5.91 Å². The molecule has 1 amide bonds. The molecule has 1 aromatic heterocycles. The predicted octanol–water partition coefficient (Wildman–Crippen LogP) is 4.55. The number of benzene rings is 1. The Morgan fingerprint density at radius 3 is 2.58 bits per heavy atom. The molecule has 1 aliphatic rings. The fourth-order valence-electron chi connectivity index (χ4n) is 3.42. The van der Waals surface area contributed by atoms with Crippen molar-refractivity contribution in [1.29, 1.82) is 0 Å². The first kappa shape index (κ1) is 18.6. The van der Waals surface area contributed by atoms with E-state index in [4.69, 9.17) is 4.74 Å². The van der Waals surface area contributed by atoms with Gasteiger partial charge in [0.1, 0.15) is 12.4 Å². The van der Waals surface area contributed by atoms with Crippen molar-refractivity contribution >= 4 is 23.3 Å². The average molecular weight is 371 g/mol. The van der Waals surface area contributed by atoms with E-state index >= 15 is 0 Å². The van der Waals surface area contributed by atoms with Crippen molar-refractivity contribution in [3.05, 3.63) is 52.0 Å². The van der Waals surface area contributed by atoms with Crippen LogP contribution in [0.2, 0.25) is 0 Å². The van der Waals surface area contributed by atoms with Gasteiger partial charge in [-0.15, -0.1) is 11.3 Å². The summed E-state index contributed by atoms with van der Waals surface area (Å²) < 4.78 is 5.75. The van der Waals surface area contributed by atoms with Crippen molar-refractivity contribution in [2.45, 2.75) is 33.8 Å². The van der Waals surface area contributed by atoms with Gasteiger partial charge in [-0.05, 0) is 49.0 Å². The largest absolute Gasteiger partial charge is 0.487 e. The van der Waals surface area contributed by atoms with Crippen LogP contribution in [-0.4, -0.2) is 28.9 Å². The first-order chi connectivity index (χ1) is 12.5. The van der Waals surface area contributed by atoms with E-state index in [1.165, 1.54) is 6.42 Å². The summed E-state index contributed by atoms with van der Waals surface area (Å²) in [4.78, 5) is 18.7. The summed E-state index contributed by atoms with van der Waals surface area (Å²) in [6.45, 7) is 8.61. The smallest absolute Gasteiger partial charge is 0.246 e. The highest BCUT2D eigenvalue weighted by Gasteiger charge is 2.23. The number of carbonyl (C=O) groups is 1. The third-order valence-electron chi connectivity index (χ3n) is 4.53. The van der Waals surface area contributed by atoms with Crippen LogP contribution in [0.15, 0.2) is 35.7 Å². The summed E-state index contributed by atoms with van der Waals surface area (Å²) >= 11 is 1.63. The normalized spacial score (nSPS) is 20.5. The van der Waals surface area contributed by atoms with Gasteiger partial charge in [0.15, 0.2) is 0 Å². The van der Waals surface area contributed by atoms with Gasteiger partial charge in [-0.25, -0.2) is 4.98 Å². The number of likely N-dealkylation sites (tertiary alicyclic amines) is 1. The second-order valence-electron chi connectivity index (χ2n) is 7.24. The van der Waals surface area contributed by atoms with Crippen LogP contribution in [0, 0.1) is 18.8 Å². The molecule has 0 spiro atoms. The minimum atomic E-state index is 0.0997. The molecule has 0 radical (unpaired) electrons. The second-order valence-corrected chi connectivity index (χ2v) is 8.30. The van der Waals surface area contributed by atoms with Gasteiger partial charge in [0.05, 0.1) is 10.7 Å². The number of hydrogen-bond donors (Lipinski definition) is 0. The Labute approximate surface area is 159 Å². The lowest BCUT2D eigenvalue weighted by Crippen LogP contribution is -2.41. The molecule has 0 aliphatic carbocycles. The lowest BCUT2D eigenvalue weighted by atomic mass is 9.92. The number of thiazole rings is 1. The summed E-state index contributed by atoms with van der Waals surface area (Å²) in [7, 11) is 0. The number of hydrogen-bond acceptors (Lipinski definition) is 4. The van der Waals surface area contributed by atoms with Gasteiger partial charge in [-0.1, -0.05) is 26.0 Å². The molecule has 1 saturated heterocycles. The van der Waals surface area contributed by atoms with E-state index in [0.29, 0.717) is 18.4 Å². The number of piperidine rings is 1. The molecule has 1 fully saturated rings. The van der Waals surface area contributed by atoms with E-state index in [9.17, 15) is 4.79 Å². The van der Waals surface area contributed by atoms with E-state index in [0.717, 1.165) is 35.1 Å². The van der Waals surface area contributed by atoms with Gasteiger partial charge in [-0.3, -0.25) is 4.79 Å². The third kappa shape index (κ3) is 5.18. The van der Waals surface area contributed by atoms with Gasteiger partial charge in [0.2, 0.25) is 5.91 Å². The summed E-state index contributed by atoms with van der Waals surface area (Å²) in [6.07, 6.45) is 4.76. The Bertz CT molecular complexity index is 757. The molecule has 0 N–H and O–H groups in total. The molecule has 1 aliphatic heterocycles. The zero-order chi connectivity index (χ0) is 18.5. The second kappa shape index (κ2) is 8.49. The topological polar surface area (TPSA) is 42.4 Å². The Hall–Kier alpha value is -2.14. The quantitative estimate of drug-likeness (QED) is 0.725. The van der Waals surface area contributed by atoms with Gasteiger partial charge in [-0.2, -0.15) is 0 Å². The highest BCUT2D eigenvalue weighted by molar-refractivity contribution is 7.09. The Morgan fingerprint density at radius 1 is 1.27 bits per heavy atom. The molecule has 138 valence electrons. The SMILES string of the molecule is Cc1nc(COc2ccc(/C=C/C(=O)N3C[C@H](C)C[C@@H](C)C3)cc2)cs1. The van der Waals surface area contributed by atoms with Gasteiger partial charge < -0.3 is 9.64 Å². The molecule has 2 aromatic rings. The number of ether oxygens (including phenoxy) is 1. The summed E-state index contributed by atoms with van der Waals surface area (Å²) in [5, 5.41) is 3.06. The Balaban J connectivity index is 1.53. The van der Waals surface area contributed by atoms with Gasteiger partial charge in [0, 0.05) is 24.5 Å². The first-order valence-corrected chi connectivity index (χ1v) is 9.98. The fraction of sp³-hybridized carbons (Fsp3) is 0.429. The van der Waals surface area contributed by atoms with Crippen LogP contribution in [0.1, 0.15) is 36.5 Å². The molecule has 0 saturated carbocycles. The number of nitrogens with zero attached hydrogens (tertiary/aromatic N) is 2. The molecule has 26 heavy (non-hydrogen) atoms. The van der Waals surface area contributed by atoms with Crippen LogP contribution in [0.5, 0.6) is 5.75 Å². The highest BCUT2D eigenvalue weighted by atomic mass is 32.1. The molecule has 3 rings (SSSR count). The van der Waals surface area contributed by atoms with Crippen molar-refractivity contribution in [3.8, 4) is 5.75 Å². The summed E-state index contributed by atoms with van der Waals surface area (Å²) in [6, 6.07) is 7.78. The maximum absolute atomic E-state index is 12.4. The van der Waals surface area contributed by atoms with Crippen molar-refractivity contribution in [1.82, 2.24) is 9.88 Å². The number of aryl methyl sites for hydroxylation is 1. The number of amides is 1. The van der Waals surface area contributed by atoms with Crippen LogP contribution >= 0.6 is 11.3 Å². The van der Waals surface area contributed by atoms with Crippen LogP contribution in [0.25, 0.3) is 6.08 Å². The van der Waals surface area contributed by atoms with Gasteiger partial charge in [0.25, 0.3) is 0 Å². The van der Waals surface area contributed by atoms with Crippen molar-refractivity contribution in [3.63, 3.8) is 0 Å². The number of rotatable bonds is 5. The maximum Gasteiger partial charge on any atom is 0.246 e. The minimum Gasteiger partial charge on any atom is -0.487 e. The standard InChI is InChI=1S/C21H26N2O2S/c1-15-10-16(2)12-23(11-15)21(24)9-6-18-4-7-20(8-5-18)25-13-19-14-26-17(3)22-19/h4-9,14-16H,10-13H2,1-3H3/b9-6+/t15-,16-/m1/s1. The van der Waals surface area contributed by atoms with Crippen molar-refractivity contribution in [2.75, 3.05) is 13.1 Å². The molecule has 2 atom stereocenters. The van der Waals surface area contributed by atoms with Crippen molar-refractivity contribution < 1.29 is 9.53 Å².